The smallest absolute Gasteiger partial charge is 0.226 e. The summed E-state index contributed by atoms with van der Waals surface area (Å²) in [6.07, 6.45) is -0.0793. The molecule has 1 aliphatic rings. The summed E-state index contributed by atoms with van der Waals surface area (Å²) in [5, 5.41) is 22.9. The van der Waals surface area contributed by atoms with E-state index in [2.05, 4.69) is 15.3 Å². The summed E-state index contributed by atoms with van der Waals surface area (Å²) < 4.78 is 18.7. The second kappa shape index (κ2) is 8.67. The molecule has 0 saturated carbocycles. The van der Waals surface area contributed by atoms with Crippen LogP contribution in [0.5, 0.6) is 0 Å². The molecule has 0 spiro atoms. The molecule has 0 fully saturated rings. The summed E-state index contributed by atoms with van der Waals surface area (Å²) in [5.74, 6) is -0.574. The van der Waals surface area contributed by atoms with Crippen molar-refractivity contribution in [3.05, 3.63) is 63.2 Å². The topological polar surface area (TPSA) is 104 Å². The Kier molecular flexibility index (Phi) is 6.40. The van der Waals surface area contributed by atoms with Gasteiger partial charge in [0.05, 0.1) is 60.3 Å². The molecule has 3 rings (SSSR count). The SMILES string of the molecule is COC1=NCc2cc(CC(=O)N[C@@H](c3ccc(F)c(Cl)c3)C(C)(C)O)nc(CO)c21. The van der Waals surface area contributed by atoms with Crippen LogP contribution in [0.1, 0.15) is 48.0 Å². The number of aromatic nitrogens is 1. The van der Waals surface area contributed by atoms with E-state index in [0.29, 0.717) is 35.0 Å². The van der Waals surface area contributed by atoms with Gasteiger partial charge in [-0.15, -0.1) is 0 Å². The number of hydrogen-bond donors (Lipinski definition) is 3. The molecule has 1 aromatic heterocycles. The number of fused-ring (bicyclic) bond motifs is 1. The van der Waals surface area contributed by atoms with Crippen LogP contribution in [0.2, 0.25) is 5.02 Å². The van der Waals surface area contributed by atoms with E-state index in [9.17, 15) is 19.4 Å². The fourth-order valence-electron chi connectivity index (χ4n) is 3.45. The fraction of sp³-hybridized carbons (Fsp3) is 0.381. The normalized spacial score (nSPS) is 14.2. The van der Waals surface area contributed by atoms with E-state index >= 15 is 0 Å². The van der Waals surface area contributed by atoms with Crippen LogP contribution in [0.25, 0.3) is 0 Å². The van der Waals surface area contributed by atoms with Crippen molar-refractivity contribution >= 4 is 23.4 Å². The van der Waals surface area contributed by atoms with Gasteiger partial charge >= 0.3 is 0 Å². The average Bonchev–Trinajstić information content (AvgIpc) is 3.10. The maximum Gasteiger partial charge on any atom is 0.226 e. The third-order valence-electron chi connectivity index (χ3n) is 4.81. The summed E-state index contributed by atoms with van der Waals surface area (Å²) in [7, 11) is 1.49. The number of ether oxygens (including phenoxy) is 1. The Morgan fingerprint density at radius 3 is 2.73 bits per heavy atom. The molecule has 1 aromatic carbocycles. The summed E-state index contributed by atoms with van der Waals surface area (Å²) in [5.41, 5.74) is 1.45. The number of hydrogen-bond acceptors (Lipinski definition) is 6. The van der Waals surface area contributed by atoms with Gasteiger partial charge in [-0.2, -0.15) is 0 Å². The molecular formula is C21H23ClFN3O4. The van der Waals surface area contributed by atoms with Gasteiger partial charge < -0.3 is 20.3 Å². The van der Waals surface area contributed by atoms with Crippen molar-refractivity contribution in [2.24, 2.45) is 4.99 Å². The van der Waals surface area contributed by atoms with E-state index in [-0.39, 0.29) is 18.1 Å². The van der Waals surface area contributed by atoms with Crippen molar-refractivity contribution in [1.29, 1.82) is 0 Å². The monoisotopic (exact) mass is 435 g/mol. The first-order chi connectivity index (χ1) is 14.1. The minimum atomic E-state index is -1.33. The zero-order chi connectivity index (χ0) is 22.1. The molecule has 1 atom stereocenters. The van der Waals surface area contributed by atoms with Crippen molar-refractivity contribution in [2.45, 2.75) is 45.1 Å². The number of aliphatic hydroxyl groups excluding tert-OH is 1. The van der Waals surface area contributed by atoms with Crippen molar-refractivity contribution < 1.29 is 24.1 Å². The first-order valence-corrected chi connectivity index (χ1v) is 9.69. The quantitative estimate of drug-likeness (QED) is 0.646. The van der Waals surface area contributed by atoms with E-state index in [4.69, 9.17) is 16.3 Å². The molecule has 160 valence electrons. The summed E-state index contributed by atoms with van der Waals surface area (Å²) in [6.45, 7) is 3.14. The molecule has 0 radical (unpaired) electrons. The van der Waals surface area contributed by atoms with Gasteiger partial charge in [0.15, 0.2) is 0 Å². The molecule has 0 bridgehead atoms. The van der Waals surface area contributed by atoms with Crippen molar-refractivity contribution in [2.75, 3.05) is 7.11 Å². The van der Waals surface area contributed by atoms with E-state index in [1.54, 1.807) is 6.07 Å². The number of pyridine rings is 1. The lowest BCUT2D eigenvalue weighted by Gasteiger charge is -2.31. The first kappa shape index (κ1) is 22.1. The number of halogens is 2. The molecule has 0 aliphatic carbocycles. The molecule has 30 heavy (non-hydrogen) atoms. The van der Waals surface area contributed by atoms with Crippen LogP contribution in [-0.2, 0) is 29.1 Å². The Labute approximate surface area is 178 Å². The molecule has 2 heterocycles. The Hall–Kier alpha value is -2.55. The van der Waals surface area contributed by atoms with E-state index < -0.39 is 23.4 Å². The van der Waals surface area contributed by atoms with E-state index in [1.165, 1.54) is 39.2 Å². The van der Waals surface area contributed by atoms with Crippen molar-refractivity contribution in [3.63, 3.8) is 0 Å². The molecule has 3 N–H and O–H groups in total. The lowest BCUT2D eigenvalue weighted by atomic mass is 9.91. The van der Waals surface area contributed by atoms with Gasteiger partial charge in [0.1, 0.15) is 5.82 Å². The minimum absolute atomic E-state index is 0.0793. The van der Waals surface area contributed by atoms with Crippen LogP contribution < -0.4 is 5.32 Å². The number of rotatable bonds is 6. The Bertz CT molecular complexity index is 1000. The number of nitrogens with one attached hydrogen (secondary N) is 1. The molecule has 0 saturated heterocycles. The third kappa shape index (κ3) is 4.61. The van der Waals surface area contributed by atoms with Crippen LogP contribution in [0, 0.1) is 5.82 Å². The van der Waals surface area contributed by atoms with Gasteiger partial charge in [-0.3, -0.25) is 9.78 Å². The van der Waals surface area contributed by atoms with Gasteiger partial charge in [-0.25, -0.2) is 9.38 Å². The summed E-state index contributed by atoms with van der Waals surface area (Å²) >= 11 is 5.86. The van der Waals surface area contributed by atoms with Gasteiger partial charge in [0.2, 0.25) is 11.8 Å². The number of methoxy groups -OCH3 is 1. The van der Waals surface area contributed by atoms with Crippen LogP contribution in [0.4, 0.5) is 4.39 Å². The molecule has 1 amide bonds. The number of carbonyl (C=O) groups is 1. The molecule has 2 aromatic rings. The van der Waals surface area contributed by atoms with Crippen LogP contribution in [-0.4, -0.2) is 39.7 Å². The highest BCUT2D eigenvalue weighted by Crippen LogP contribution is 2.29. The highest BCUT2D eigenvalue weighted by molar-refractivity contribution is 6.30. The van der Waals surface area contributed by atoms with Gasteiger partial charge in [-0.1, -0.05) is 17.7 Å². The molecule has 0 unspecified atom stereocenters. The number of carbonyl (C=O) groups excluding carboxylic acids is 1. The maximum atomic E-state index is 13.5. The fourth-order valence-corrected chi connectivity index (χ4v) is 3.64. The molecule has 1 aliphatic heterocycles. The lowest BCUT2D eigenvalue weighted by molar-refractivity contribution is -0.123. The zero-order valence-electron chi connectivity index (χ0n) is 16.9. The van der Waals surface area contributed by atoms with Crippen LogP contribution >= 0.6 is 11.6 Å². The van der Waals surface area contributed by atoms with Crippen LogP contribution in [0.15, 0.2) is 29.3 Å². The lowest BCUT2D eigenvalue weighted by Crippen LogP contribution is -2.42. The van der Waals surface area contributed by atoms with E-state index in [1.807, 2.05) is 0 Å². The van der Waals surface area contributed by atoms with Gasteiger partial charge in [0.25, 0.3) is 0 Å². The number of aliphatic hydroxyl groups is 2. The highest BCUT2D eigenvalue weighted by Gasteiger charge is 2.31. The number of amides is 1. The minimum Gasteiger partial charge on any atom is -0.481 e. The third-order valence-corrected chi connectivity index (χ3v) is 5.10. The van der Waals surface area contributed by atoms with Gasteiger partial charge in [-0.05, 0) is 43.2 Å². The molecule has 7 nitrogen and oxygen atoms in total. The number of nitrogens with zero attached hydrogens (tertiary/aromatic N) is 2. The maximum absolute atomic E-state index is 13.5. The first-order valence-electron chi connectivity index (χ1n) is 9.32. The summed E-state index contributed by atoms with van der Waals surface area (Å²) in [4.78, 5) is 21.3. The zero-order valence-corrected chi connectivity index (χ0v) is 17.6. The van der Waals surface area contributed by atoms with E-state index in [0.717, 1.165) is 5.56 Å². The largest absolute Gasteiger partial charge is 0.481 e. The predicted octanol–water partition coefficient (Wildman–Crippen LogP) is 2.44. The average molecular weight is 436 g/mol. The number of benzene rings is 1. The highest BCUT2D eigenvalue weighted by atomic mass is 35.5. The molecular weight excluding hydrogens is 413 g/mol. The van der Waals surface area contributed by atoms with Crippen LogP contribution in [0.3, 0.4) is 0 Å². The molecule has 9 heteroatoms. The number of aliphatic imine (C=N–C) groups is 1. The van der Waals surface area contributed by atoms with Gasteiger partial charge in [0, 0.05) is 0 Å². The Balaban J connectivity index is 1.82. The van der Waals surface area contributed by atoms with Crippen molar-refractivity contribution in [1.82, 2.24) is 10.3 Å². The summed E-state index contributed by atoms with van der Waals surface area (Å²) in [6, 6.07) is 4.95. The second-order valence-corrected chi connectivity index (χ2v) is 7.99. The Morgan fingerprint density at radius 2 is 2.13 bits per heavy atom. The standard InChI is InChI=1S/C21H23ClFN3O4/c1-21(2,29)19(11-4-5-15(23)14(22)7-11)26-17(28)8-13-6-12-9-24-20(30-3)18(12)16(10-27)25-13/h4-7,19,27,29H,8-10H2,1-3H3,(H,26,28)/t19-/m0/s1. The predicted molar refractivity (Wildman–Crippen MR) is 110 cm³/mol. The Morgan fingerprint density at radius 1 is 1.40 bits per heavy atom. The van der Waals surface area contributed by atoms with Crippen molar-refractivity contribution in [3.8, 4) is 0 Å². The second-order valence-electron chi connectivity index (χ2n) is 7.58.